The Morgan fingerprint density at radius 3 is 2.34 bits per heavy atom. The normalized spacial score (nSPS) is 18.6. The molecule has 8 nitrogen and oxygen atoms in total. The summed E-state index contributed by atoms with van der Waals surface area (Å²) in [5.74, 6) is -0.601. The first-order valence-corrected chi connectivity index (χ1v) is 10.5. The van der Waals surface area contributed by atoms with Crippen LogP contribution in [0.1, 0.15) is 25.7 Å². The first-order valence-electron chi connectivity index (χ1n) is 10.5. The molecule has 4 aromatic rings. The Morgan fingerprint density at radius 2 is 1.62 bits per heavy atom. The monoisotopic (exact) mass is 436 g/mol. The Balaban J connectivity index is 1.37. The highest BCUT2D eigenvalue weighted by Gasteiger charge is 2.19. The van der Waals surface area contributed by atoms with E-state index in [1.54, 1.807) is 23.1 Å². The highest BCUT2D eigenvalue weighted by Crippen LogP contribution is 2.25. The van der Waals surface area contributed by atoms with Crippen LogP contribution in [0.5, 0.6) is 0 Å². The number of hydrogen-bond donors (Lipinski definition) is 3. The topological polar surface area (TPSA) is 106 Å². The molecule has 0 unspecified atom stereocenters. The minimum atomic E-state index is -0.719. The van der Waals surface area contributed by atoms with Crippen molar-refractivity contribution in [2.75, 3.05) is 10.6 Å². The molecule has 0 atom stereocenters. The quantitative estimate of drug-likeness (QED) is 0.436. The summed E-state index contributed by atoms with van der Waals surface area (Å²) in [4.78, 5) is 12.8. The summed E-state index contributed by atoms with van der Waals surface area (Å²) in [5, 5.41) is 10.7. The minimum absolute atomic E-state index is 0.0809. The second-order valence-corrected chi connectivity index (χ2v) is 7.91. The van der Waals surface area contributed by atoms with Crippen LogP contribution in [-0.4, -0.2) is 36.6 Å². The predicted molar refractivity (Wildman–Crippen MR) is 118 cm³/mol. The summed E-state index contributed by atoms with van der Waals surface area (Å²) in [6.45, 7) is 0. The van der Waals surface area contributed by atoms with Crippen molar-refractivity contribution in [3.05, 3.63) is 60.6 Å². The number of aromatic nitrogens is 5. The number of imidazole rings is 1. The lowest BCUT2D eigenvalue weighted by atomic mass is 9.92. The van der Waals surface area contributed by atoms with E-state index in [4.69, 9.17) is 5.73 Å². The average Bonchev–Trinajstić information content (AvgIpc) is 3.22. The van der Waals surface area contributed by atoms with Gasteiger partial charge in [-0.2, -0.15) is 0 Å². The van der Waals surface area contributed by atoms with Crippen LogP contribution in [0.25, 0.3) is 16.9 Å². The number of benzene rings is 1. The van der Waals surface area contributed by atoms with E-state index >= 15 is 0 Å². The number of nitrogens with zero attached hydrogens (tertiary/aromatic N) is 5. The molecule has 10 heteroatoms. The predicted octanol–water partition coefficient (Wildman–Crippen LogP) is 3.89. The van der Waals surface area contributed by atoms with Gasteiger partial charge < -0.3 is 16.4 Å². The van der Waals surface area contributed by atoms with E-state index in [2.05, 4.69) is 30.7 Å². The molecule has 0 bridgehead atoms. The summed E-state index contributed by atoms with van der Waals surface area (Å²) in [6, 6.07) is 8.06. The van der Waals surface area contributed by atoms with Crippen LogP contribution in [0, 0.1) is 11.6 Å². The Kier molecular flexibility index (Phi) is 5.36. The van der Waals surface area contributed by atoms with Gasteiger partial charge in [0.25, 0.3) is 0 Å². The molecule has 0 radical (unpaired) electrons. The number of hydrogen-bond acceptors (Lipinski definition) is 7. The van der Waals surface area contributed by atoms with Crippen LogP contribution in [0.4, 0.5) is 26.2 Å². The fraction of sp³-hybridized carbons (Fsp3) is 0.273. The Hall–Kier alpha value is -3.66. The number of halogens is 2. The number of nitrogens with two attached hydrogens (primary N) is 1. The van der Waals surface area contributed by atoms with Crippen molar-refractivity contribution in [2.45, 2.75) is 37.8 Å². The van der Waals surface area contributed by atoms with Gasteiger partial charge in [0, 0.05) is 30.0 Å². The van der Waals surface area contributed by atoms with Crippen molar-refractivity contribution in [3.8, 4) is 11.3 Å². The smallest absolute Gasteiger partial charge is 0.227 e. The van der Waals surface area contributed by atoms with Gasteiger partial charge in [-0.05, 0) is 49.9 Å². The number of fused-ring (bicyclic) bond motifs is 1. The van der Waals surface area contributed by atoms with Crippen LogP contribution in [0.3, 0.4) is 0 Å². The van der Waals surface area contributed by atoms with Crippen molar-refractivity contribution >= 4 is 23.1 Å². The van der Waals surface area contributed by atoms with Gasteiger partial charge in [0.2, 0.25) is 5.95 Å². The second kappa shape index (κ2) is 8.46. The van der Waals surface area contributed by atoms with Crippen molar-refractivity contribution < 1.29 is 8.78 Å². The number of rotatable bonds is 5. The Labute approximate surface area is 182 Å². The Morgan fingerprint density at radius 1 is 0.906 bits per heavy atom. The molecule has 0 saturated heterocycles. The molecule has 164 valence electrons. The lowest BCUT2D eigenvalue weighted by Gasteiger charge is -2.27. The third kappa shape index (κ3) is 4.09. The first-order chi connectivity index (χ1) is 15.6. The number of anilines is 3. The van der Waals surface area contributed by atoms with Gasteiger partial charge in [0.15, 0.2) is 5.65 Å². The molecule has 0 spiro atoms. The maximum absolute atomic E-state index is 13.8. The minimum Gasteiger partial charge on any atom is -0.366 e. The molecule has 4 N–H and O–H groups in total. The summed E-state index contributed by atoms with van der Waals surface area (Å²) in [6.07, 6.45) is 8.85. The number of para-hydroxylation sites is 1. The molecule has 0 amide bonds. The molecule has 32 heavy (non-hydrogen) atoms. The van der Waals surface area contributed by atoms with Crippen LogP contribution >= 0.6 is 0 Å². The summed E-state index contributed by atoms with van der Waals surface area (Å²) in [7, 11) is 0. The molecule has 3 heterocycles. The van der Waals surface area contributed by atoms with Gasteiger partial charge >= 0.3 is 0 Å². The Bertz CT molecular complexity index is 1210. The zero-order valence-corrected chi connectivity index (χ0v) is 17.2. The van der Waals surface area contributed by atoms with Crippen LogP contribution in [0.2, 0.25) is 0 Å². The van der Waals surface area contributed by atoms with E-state index in [1.807, 2.05) is 12.1 Å². The van der Waals surface area contributed by atoms with E-state index in [9.17, 15) is 8.78 Å². The van der Waals surface area contributed by atoms with E-state index in [-0.39, 0.29) is 17.7 Å². The molecule has 0 aliphatic heterocycles. The molecular formula is C22H22F2N8. The van der Waals surface area contributed by atoms with E-state index in [0.29, 0.717) is 22.9 Å². The fourth-order valence-electron chi connectivity index (χ4n) is 3.87. The lowest BCUT2D eigenvalue weighted by molar-refractivity contribution is 0.410. The largest absolute Gasteiger partial charge is 0.366 e. The van der Waals surface area contributed by atoms with Crippen molar-refractivity contribution in [3.63, 3.8) is 0 Å². The maximum atomic E-state index is 13.8. The highest BCUT2D eigenvalue weighted by atomic mass is 19.1. The molecule has 3 aromatic heterocycles. The average molecular weight is 436 g/mol. The third-order valence-corrected chi connectivity index (χ3v) is 5.63. The fourth-order valence-corrected chi connectivity index (χ4v) is 3.87. The number of nitrogens with one attached hydrogen (secondary N) is 2. The summed E-state index contributed by atoms with van der Waals surface area (Å²) in [5.41, 5.74) is 7.76. The van der Waals surface area contributed by atoms with E-state index < -0.39 is 11.6 Å². The van der Waals surface area contributed by atoms with Gasteiger partial charge in [0.1, 0.15) is 23.1 Å². The van der Waals surface area contributed by atoms with Gasteiger partial charge in [-0.1, -0.05) is 6.07 Å². The second-order valence-electron chi connectivity index (χ2n) is 7.91. The first kappa shape index (κ1) is 20.3. The van der Waals surface area contributed by atoms with Gasteiger partial charge in [0.05, 0.1) is 11.9 Å². The van der Waals surface area contributed by atoms with Crippen LogP contribution in [-0.2, 0) is 0 Å². The summed E-state index contributed by atoms with van der Waals surface area (Å²) < 4.78 is 29.4. The van der Waals surface area contributed by atoms with Gasteiger partial charge in [-0.25, -0.2) is 28.2 Å². The molecule has 1 aromatic carbocycles. The molecule has 1 aliphatic rings. The lowest BCUT2D eigenvalue weighted by Crippen LogP contribution is -2.33. The van der Waals surface area contributed by atoms with E-state index in [0.717, 1.165) is 43.6 Å². The standard InChI is InChI=1S/C22H22F2N8/c23-16-2-1-3-17(24)21(16)30-22-27-10-13(11-28-22)18-12-26-20-9-8-19(31-32(18)20)29-15-6-4-14(25)5-7-15/h1-3,8-12,14-15H,4-7,25H2,(H,29,31)(H,27,28,30)/t14-,15-. The van der Waals surface area contributed by atoms with Gasteiger partial charge in [-0.3, -0.25) is 0 Å². The molecule has 1 saturated carbocycles. The van der Waals surface area contributed by atoms with Crippen molar-refractivity contribution in [1.29, 1.82) is 0 Å². The zero-order valence-electron chi connectivity index (χ0n) is 17.2. The summed E-state index contributed by atoms with van der Waals surface area (Å²) >= 11 is 0. The molecular weight excluding hydrogens is 414 g/mol. The molecule has 5 rings (SSSR count). The maximum Gasteiger partial charge on any atom is 0.227 e. The zero-order chi connectivity index (χ0) is 22.1. The van der Waals surface area contributed by atoms with Crippen LogP contribution < -0.4 is 16.4 Å². The van der Waals surface area contributed by atoms with Crippen LogP contribution in [0.15, 0.2) is 48.9 Å². The van der Waals surface area contributed by atoms with Gasteiger partial charge in [-0.15, -0.1) is 5.10 Å². The van der Waals surface area contributed by atoms with Crippen molar-refractivity contribution in [1.82, 2.24) is 24.6 Å². The SMILES string of the molecule is N[C@H]1CC[C@H](Nc2ccc3ncc(-c4cnc(Nc5c(F)cccc5F)nc4)n3n2)CC1. The van der Waals surface area contributed by atoms with E-state index in [1.165, 1.54) is 6.07 Å². The highest BCUT2D eigenvalue weighted by molar-refractivity contribution is 5.63. The third-order valence-electron chi connectivity index (χ3n) is 5.63. The molecule has 1 aliphatic carbocycles. The van der Waals surface area contributed by atoms with Crippen molar-refractivity contribution in [2.24, 2.45) is 5.73 Å². The molecule has 1 fully saturated rings.